The fourth-order valence-electron chi connectivity index (χ4n) is 4.25. The highest BCUT2D eigenvalue weighted by Gasteiger charge is 2.18. The Morgan fingerprint density at radius 2 is 1.69 bits per heavy atom. The van der Waals surface area contributed by atoms with Crippen LogP contribution in [0.25, 0.3) is 27.8 Å². The zero-order valence-corrected chi connectivity index (χ0v) is 20.6. The van der Waals surface area contributed by atoms with Gasteiger partial charge >= 0.3 is 0 Å². The number of para-hydroxylation sites is 2. The molecule has 0 saturated heterocycles. The van der Waals surface area contributed by atoms with Gasteiger partial charge in [-0.25, -0.2) is 9.67 Å². The topological polar surface area (TPSA) is 78.3 Å². The smallest absolute Gasteiger partial charge is 0.256 e. The van der Waals surface area contributed by atoms with Crippen molar-refractivity contribution < 1.29 is 14.3 Å². The molecule has 0 aliphatic heterocycles. The molecule has 1 N–H and O–H groups in total. The Labute approximate surface area is 209 Å². The average molecular weight is 479 g/mol. The number of ether oxygens (including phenoxy) is 2. The molecular weight excluding hydrogens is 452 g/mol. The third-order valence-corrected chi connectivity index (χ3v) is 6.17. The molecule has 0 radical (unpaired) electrons. The summed E-state index contributed by atoms with van der Waals surface area (Å²) >= 11 is 0. The number of rotatable bonds is 6. The minimum absolute atomic E-state index is 0.237. The molecule has 0 aliphatic carbocycles. The highest BCUT2D eigenvalue weighted by atomic mass is 16.5. The van der Waals surface area contributed by atoms with Crippen molar-refractivity contribution in [2.75, 3.05) is 19.5 Å². The monoisotopic (exact) mass is 478 g/mol. The first-order valence-electron chi connectivity index (χ1n) is 11.5. The molecule has 5 rings (SSSR count). The van der Waals surface area contributed by atoms with Crippen LogP contribution >= 0.6 is 0 Å². The lowest BCUT2D eigenvalue weighted by molar-refractivity contribution is 0.102. The van der Waals surface area contributed by atoms with E-state index in [1.165, 1.54) is 0 Å². The predicted molar refractivity (Wildman–Crippen MR) is 141 cm³/mol. The molecular formula is C29H26N4O3. The van der Waals surface area contributed by atoms with Crippen molar-refractivity contribution in [1.29, 1.82) is 0 Å². The molecule has 0 aliphatic rings. The molecule has 5 aromatic rings. The molecule has 0 atom stereocenters. The average Bonchev–Trinajstić information content (AvgIpc) is 3.29. The fraction of sp³-hybridized carbons (Fsp3) is 0.138. The van der Waals surface area contributed by atoms with Gasteiger partial charge in [-0.05, 0) is 68.4 Å². The number of fused-ring (bicyclic) bond motifs is 1. The van der Waals surface area contributed by atoms with Crippen LogP contribution in [-0.4, -0.2) is 34.9 Å². The van der Waals surface area contributed by atoms with E-state index in [1.807, 2.05) is 91.3 Å². The zero-order valence-electron chi connectivity index (χ0n) is 20.6. The lowest BCUT2D eigenvalue weighted by Crippen LogP contribution is -2.14. The number of amides is 1. The van der Waals surface area contributed by atoms with Crippen LogP contribution in [-0.2, 0) is 0 Å². The fourth-order valence-corrected chi connectivity index (χ4v) is 4.25. The molecule has 7 heteroatoms. The number of hydrogen-bond acceptors (Lipinski definition) is 5. The van der Waals surface area contributed by atoms with E-state index < -0.39 is 0 Å². The summed E-state index contributed by atoms with van der Waals surface area (Å²) in [6.45, 7) is 3.99. The lowest BCUT2D eigenvalue weighted by Gasteiger charge is -2.13. The van der Waals surface area contributed by atoms with Crippen molar-refractivity contribution >= 4 is 22.5 Å². The second-order valence-electron chi connectivity index (χ2n) is 8.48. The van der Waals surface area contributed by atoms with E-state index in [2.05, 4.69) is 10.4 Å². The highest BCUT2D eigenvalue weighted by molar-refractivity contribution is 6.13. The van der Waals surface area contributed by atoms with Gasteiger partial charge in [-0.1, -0.05) is 23.8 Å². The third-order valence-electron chi connectivity index (χ3n) is 6.17. The Kier molecular flexibility index (Phi) is 6.12. The van der Waals surface area contributed by atoms with Gasteiger partial charge in [0.15, 0.2) is 0 Å². The molecule has 0 spiro atoms. The van der Waals surface area contributed by atoms with E-state index in [9.17, 15) is 4.79 Å². The predicted octanol–water partition coefficient (Wildman–Crippen LogP) is 5.97. The van der Waals surface area contributed by atoms with E-state index in [1.54, 1.807) is 20.4 Å². The van der Waals surface area contributed by atoms with Crippen LogP contribution in [0.2, 0.25) is 0 Å². The van der Waals surface area contributed by atoms with Crippen molar-refractivity contribution in [1.82, 2.24) is 14.8 Å². The van der Waals surface area contributed by atoms with Gasteiger partial charge in [-0.15, -0.1) is 0 Å². The minimum atomic E-state index is -0.237. The summed E-state index contributed by atoms with van der Waals surface area (Å²) in [5.74, 6) is 1.14. The Balaban J connectivity index is 1.60. The molecule has 36 heavy (non-hydrogen) atoms. The normalized spacial score (nSPS) is 10.9. The highest BCUT2D eigenvalue weighted by Crippen LogP contribution is 2.30. The van der Waals surface area contributed by atoms with Gasteiger partial charge in [0.05, 0.1) is 54.3 Å². The maximum absolute atomic E-state index is 13.5. The zero-order chi connectivity index (χ0) is 25.2. The summed E-state index contributed by atoms with van der Waals surface area (Å²) in [4.78, 5) is 18.4. The lowest BCUT2D eigenvalue weighted by atomic mass is 10.0. The van der Waals surface area contributed by atoms with E-state index in [-0.39, 0.29) is 5.91 Å². The standard InChI is InChI=1S/C29H26N4O3/c1-18-9-14-25-22(15-18)23(29(34)32-26-7-5-6-8-28(26)36-4)16-27(31-25)24-17-30-33(19(24)2)20-10-12-21(35-3)13-11-20/h5-17H,1-4H3,(H,32,34). The van der Waals surface area contributed by atoms with Crippen LogP contribution in [0, 0.1) is 13.8 Å². The molecule has 2 aromatic heterocycles. The Bertz CT molecular complexity index is 1570. The SMILES string of the molecule is COc1ccc(-n2ncc(-c3cc(C(=O)Nc4ccccc4OC)c4cc(C)ccc4n3)c2C)cc1. The molecule has 3 aromatic carbocycles. The second kappa shape index (κ2) is 9.54. The number of nitrogens with one attached hydrogen (secondary N) is 1. The molecule has 0 unspecified atom stereocenters. The Morgan fingerprint density at radius 1 is 0.917 bits per heavy atom. The second-order valence-corrected chi connectivity index (χ2v) is 8.48. The maximum Gasteiger partial charge on any atom is 0.256 e. The van der Waals surface area contributed by atoms with Crippen LogP contribution in [0.5, 0.6) is 11.5 Å². The van der Waals surface area contributed by atoms with Gasteiger partial charge in [0, 0.05) is 10.9 Å². The number of carbonyl (C=O) groups excluding carboxylic acids is 1. The molecule has 0 fully saturated rings. The minimum Gasteiger partial charge on any atom is -0.497 e. The summed E-state index contributed by atoms with van der Waals surface area (Å²) in [5.41, 5.74) is 6.26. The summed E-state index contributed by atoms with van der Waals surface area (Å²) in [5, 5.41) is 8.38. The van der Waals surface area contributed by atoms with Crippen molar-refractivity contribution in [2.24, 2.45) is 0 Å². The van der Waals surface area contributed by atoms with E-state index in [0.29, 0.717) is 22.7 Å². The van der Waals surface area contributed by atoms with Crippen LogP contribution in [0.15, 0.2) is 79.0 Å². The van der Waals surface area contributed by atoms with Crippen molar-refractivity contribution in [3.8, 4) is 28.4 Å². The number of carbonyl (C=O) groups is 1. The van der Waals surface area contributed by atoms with E-state index in [4.69, 9.17) is 14.5 Å². The number of methoxy groups -OCH3 is 2. The summed E-state index contributed by atoms with van der Waals surface area (Å²) in [6.07, 6.45) is 1.78. The largest absolute Gasteiger partial charge is 0.497 e. The number of aromatic nitrogens is 3. The summed E-state index contributed by atoms with van der Waals surface area (Å²) in [6, 6.07) is 22.8. The molecule has 0 saturated carbocycles. The first kappa shape index (κ1) is 23.1. The van der Waals surface area contributed by atoms with Gasteiger partial charge in [-0.2, -0.15) is 5.10 Å². The quantitative estimate of drug-likeness (QED) is 0.325. The Morgan fingerprint density at radius 3 is 2.44 bits per heavy atom. The van der Waals surface area contributed by atoms with Gasteiger partial charge in [-0.3, -0.25) is 4.79 Å². The van der Waals surface area contributed by atoms with Crippen LogP contribution < -0.4 is 14.8 Å². The van der Waals surface area contributed by atoms with Gasteiger partial charge in [0.25, 0.3) is 5.91 Å². The van der Waals surface area contributed by atoms with Crippen LogP contribution in [0.3, 0.4) is 0 Å². The molecule has 2 heterocycles. The number of benzene rings is 3. The number of aryl methyl sites for hydroxylation is 1. The van der Waals surface area contributed by atoms with Gasteiger partial charge in [0.2, 0.25) is 0 Å². The summed E-state index contributed by atoms with van der Waals surface area (Å²) in [7, 11) is 3.22. The van der Waals surface area contributed by atoms with E-state index in [0.717, 1.165) is 39.2 Å². The van der Waals surface area contributed by atoms with E-state index >= 15 is 0 Å². The molecule has 7 nitrogen and oxygen atoms in total. The maximum atomic E-state index is 13.5. The number of nitrogens with zero attached hydrogens (tertiary/aromatic N) is 3. The Hall–Kier alpha value is -4.65. The molecule has 1 amide bonds. The first-order chi connectivity index (χ1) is 17.5. The van der Waals surface area contributed by atoms with Crippen molar-refractivity contribution in [3.63, 3.8) is 0 Å². The summed E-state index contributed by atoms with van der Waals surface area (Å²) < 4.78 is 12.5. The van der Waals surface area contributed by atoms with Crippen LogP contribution in [0.1, 0.15) is 21.6 Å². The van der Waals surface area contributed by atoms with Crippen molar-refractivity contribution in [2.45, 2.75) is 13.8 Å². The molecule has 180 valence electrons. The van der Waals surface area contributed by atoms with Crippen LogP contribution in [0.4, 0.5) is 5.69 Å². The van der Waals surface area contributed by atoms with Crippen molar-refractivity contribution in [3.05, 3.63) is 95.8 Å². The number of anilines is 1. The third kappa shape index (κ3) is 4.27. The van der Waals surface area contributed by atoms with Gasteiger partial charge in [0.1, 0.15) is 11.5 Å². The first-order valence-corrected chi connectivity index (χ1v) is 11.5. The number of hydrogen-bond donors (Lipinski definition) is 1. The van der Waals surface area contributed by atoms with Gasteiger partial charge < -0.3 is 14.8 Å². The number of pyridine rings is 1. The molecule has 0 bridgehead atoms.